The summed E-state index contributed by atoms with van der Waals surface area (Å²) in [6.45, 7) is 5.26. The molecule has 164 valence electrons. The van der Waals surface area contributed by atoms with Gasteiger partial charge in [-0.25, -0.2) is 9.78 Å². The Morgan fingerprint density at radius 1 is 1.23 bits per heavy atom. The number of hydrogen-bond acceptors (Lipinski definition) is 5. The normalized spacial score (nSPS) is 16.5. The molecule has 3 heterocycles. The number of para-hydroxylation sites is 1. The first kappa shape index (κ1) is 21.3. The van der Waals surface area contributed by atoms with E-state index in [1.54, 1.807) is 31.4 Å². The Balaban J connectivity index is 1.36. The molecule has 4 rings (SSSR count). The average Bonchev–Trinajstić information content (AvgIpc) is 3.19. The predicted octanol–water partition coefficient (Wildman–Crippen LogP) is 4.16. The zero-order chi connectivity index (χ0) is 21.8. The van der Waals surface area contributed by atoms with Gasteiger partial charge in [0, 0.05) is 31.4 Å². The van der Waals surface area contributed by atoms with Gasteiger partial charge in [0.2, 0.25) is 0 Å². The average molecular weight is 424 g/mol. The highest BCUT2D eigenvalue weighted by Gasteiger charge is 2.25. The minimum absolute atomic E-state index is 0.0583. The topological polar surface area (TPSA) is 76.8 Å². The molecule has 0 bridgehead atoms. The molecule has 1 aliphatic heterocycles. The van der Waals surface area contributed by atoms with E-state index in [2.05, 4.69) is 26.7 Å². The lowest BCUT2D eigenvalue weighted by atomic mass is 9.89. The summed E-state index contributed by atoms with van der Waals surface area (Å²) < 4.78 is 13.4. The van der Waals surface area contributed by atoms with E-state index in [-0.39, 0.29) is 11.8 Å². The number of aromatic nitrogens is 2. The van der Waals surface area contributed by atoms with Crippen LogP contribution in [0.5, 0.6) is 5.75 Å². The number of carbonyl (C=O) groups is 1. The molecule has 1 unspecified atom stereocenters. The van der Waals surface area contributed by atoms with Gasteiger partial charge in [0.25, 0.3) is 0 Å². The molecule has 1 fully saturated rings. The third kappa shape index (κ3) is 4.57. The largest absolute Gasteiger partial charge is 0.491 e. The number of fused-ring (bicyclic) bond motifs is 1. The Labute approximate surface area is 182 Å². The number of carboxylic acids is 1. The smallest absolute Gasteiger partial charge is 0.339 e. The molecule has 1 aliphatic rings. The standard InChI is InChI=1S/C24H29N3O4/c1-17(30-2)27-16-21(19-7-5-11-25-23(19)27)18-9-12-26(13-10-18)14-15-31-22-8-4-3-6-20(22)24(28)29/h3-8,11,16-18H,9-10,12-15H2,1-2H3,(H,28,29). The van der Waals surface area contributed by atoms with E-state index in [1.807, 2.05) is 19.2 Å². The van der Waals surface area contributed by atoms with Crippen LogP contribution >= 0.6 is 0 Å². The molecule has 1 saturated heterocycles. The number of benzene rings is 1. The molecule has 0 saturated carbocycles. The molecule has 0 spiro atoms. The second kappa shape index (κ2) is 9.49. The van der Waals surface area contributed by atoms with Gasteiger partial charge in [0.15, 0.2) is 0 Å². The van der Waals surface area contributed by atoms with Crippen LogP contribution in [0, 0.1) is 0 Å². The van der Waals surface area contributed by atoms with Gasteiger partial charge in [0.1, 0.15) is 29.8 Å². The molecule has 0 aliphatic carbocycles. The second-order valence-electron chi connectivity index (χ2n) is 7.97. The minimum Gasteiger partial charge on any atom is -0.491 e. The SMILES string of the molecule is COC(C)n1cc(C2CCN(CCOc3ccccc3C(=O)O)CC2)c2cccnc21. The Morgan fingerprint density at radius 2 is 2.00 bits per heavy atom. The van der Waals surface area contributed by atoms with Gasteiger partial charge >= 0.3 is 5.97 Å². The van der Waals surface area contributed by atoms with E-state index in [4.69, 9.17) is 9.47 Å². The van der Waals surface area contributed by atoms with Crippen molar-refractivity contribution in [3.05, 3.63) is 59.9 Å². The minimum atomic E-state index is -0.965. The number of ether oxygens (including phenoxy) is 2. The number of nitrogens with zero attached hydrogens (tertiary/aromatic N) is 3. The summed E-state index contributed by atoms with van der Waals surface area (Å²) in [5, 5.41) is 10.5. The van der Waals surface area contributed by atoms with Gasteiger partial charge in [-0.05, 0) is 68.6 Å². The van der Waals surface area contributed by atoms with Crippen LogP contribution in [0.25, 0.3) is 11.0 Å². The first-order valence-electron chi connectivity index (χ1n) is 10.7. The molecule has 1 N–H and O–H groups in total. The van der Waals surface area contributed by atoms with Crippen LogP contribution in [0.4, 0.5) is 0 Å². The fourth-order valence-corrected chi connectivity index (χ4v) is 4.35. The molecule has 0 amide bonds. The predicted molar refractivity (Wildman–Crippen MR) is 119 cm³/mol. The number of rotatable bonds is 8. The summed E-state index contributed by atoms with van der Waals surface area (Å²) in [5.41, 5.74) is 2.52. The molecule has 7 heteroatoms. The number of methoxy groups -OCH3 is 1. The van der Waals surface area contributed by atoms with Crippen molar-refractivity contribution in [3.8, 4) is 5.75 Å². The van der Waals surface area contributed by atoms with Crippen molar-refractivity contribution in [2.24, 2.45) is 0 Å². The van der Waals surface area contributed by atoms with E-state index < -0.39 is 5.97 Å². The molecule has 0 radical (unpaired) electrons. The third-order valence-electron chi connectivity index (χ3n) is 6.16. The van der Waals surface area contributed by atoms with Crippen LogP contribution in [0.1, 0.15) is 47.8 Å². The van der Waals surface area contributed by atoms with Gasteiger partial charge in [0.05, 0.1) is 0 Å². The molecular weight excluding hydrogens is 394 g/mol. The van der Waals surface area contributed by atoms with Crippen molar-refractivity contribution in [1.29, 1.82) is 0 Å². The summed E-state index contributed by atoms with van der Waals surface area (Å²) in [5.74, 6) is -0.0489. The van der Waals surface area contributed by atoms with Crippen LogP contribution in [0.2, 0.25) is 0 Å². The summed E-state index contributed by atoms with van der Waals surface area (Å²) in [6, 6.07) is 10.9. The maximum atomic E-state index is 11.3. The Hall–Kier alpha value is -2.90. The molecular formula is C24H29N3O4. The van der Waals surface area contributed by atoms with E-state index in [1.165, 1.54) is 10.9 Å². The van der Waals surface area contributed by atoms with Crippen LogP contribution in [-0.4, -0.2) is 58.9 Å². The quantitative estimate of drug-likeness (QED) is 0.586. The second-order valence-corrected chi connectivity index (χ2v) is 7.97. The van der Waals surface area contributed by atoms with Crippen molar-refractivity contribution in [1.82, 2.24) is 14.5 Å². The van der Waals surface area contributed by atoms with Crippen molar-refractivity contribution < 1.29 is 19.4 Å². The maximum Gasteiger partial charge on any atom is 0.339 e. The van der Waals surface area contributed by atoms with E-state index in [0.717, 1.165) is 38.1 Å². The zero-order valence-electron chi connectivity index (χ0n) is 18.0. The van der Waals surface area contributed by atoms with E-state index >= 15 is 0 Å². The van der Waals surface area contributed by atoms with Gasteiger partial charge in [-0.3, -0.25) is 4.90 Å². The van der Waals surface area contributed by atoms with Crippen LogP contribution < -0.4 is 4.74 Å². The van der Waals surface area contributed by atoms with Gasteiger partial charge < -0.3 is 19.1 Å². The highest BCUT2D eigenvalue weighted by molar-refractivity contribution is 5.90. The lowest BCUT2D eigenvalue weighted by Crippen LogP contribution is -2.35. The number of likely N-dealkylation sites (tertiary alicyclic amines) is 1. The van der Waals surface area contributed by atoms with Gasteiger partial charge in [-0.1, -0.05) is 12.1 Å². The first-order chi connectivity index (χ1) is 15.1. The number of pyridine rings is 1. The van der Waals surface area contributed by atoms with E-state index in [9.17, 15) is 9.90 Å². The highest BCUT2D eigenvalue weighted by atomic mass is 16.5. The molecule has 31 heavy (non-hydrogen) atoms. The number of carboxylic acid groups (broad SMARTS) is 1. The molecule has 1 atom stereocenters. The lowest BCUT2D eigenvalue weighted by Gasteiger charge is -2.31. The Kier molecular flexibility index (Phi) is 6.53. The Bertz CT molecular complexity index is 1040. The summed E-state index contributed by atoms with van der Waals surface area (Å²) in [4.78, 5) is 18.3. The van der Waals surface area contributed by atoms with Crippen LogP contribution in [0.3, 0.4) is 0 Å². The van der Waals surface area contributed by atoms with Gasteiger partial charge in [-0.15, -0.1) is 0 Å². The van der Waals surface area contributed by atoms with Crippen molar-refractivity contribution in [3.63, 3.8) is 0 Å². The summed E-state index contributed by atoms with van der Waals surface area (Å²) in [6.07, 6.45) is 6.12. The number of hydrogen-bond donors (Lipinski definition) is 1. The maximum absolute atomic E-state index is 11.3. The fraction of sp³-hybridized carbons (Fsp3) is 0.417. The number of piperidine rings is 1. The molecule has 1 aromatic carbocycles. The highest BCUT2D eigenvalue weighted by Crippen LogP contribution is 2.35. The fourth-order valence-electron chi connectivity index (χ4n) is 4.35. The number of aromatic carboxylic acids is 1. The molecule has 7 nitrogen and oxygen atoms in total. The third-order valence-corrected chi connectivity index (χ3v) is 6.16. The first-order valence-corrected chi connectivity index (χ1v) is 10.7. The summed E-state index contributed by atoms with van der Waals surface area (Å²) >= 11 is 0. The monoisotopic (exact) mass is 423 g/mol. The molecule has 2 aromatic heterocycles. The van der Waals surface area contributed by atoms with Crippen LogP contribution in [0.15, 0.2) is 48.8 Å². The van der Waals surface area contributed by atoms with E-state index in [0.29, 0.717) is 18.3 Å². The molecule has 3 aromatic rings. The van der Waals surface area contributed by atoms with Crippen LogP contribution in [-0.2, 0) is 4.74 Å². The summed E-state index contributed by atoms with van der Waals surface area (Å²) in [7, 11) is 1.72. The van der Waals surface area contributed by atoms with Crippen molar-refractivity contribution in [2.45, 2.75) is 31.9 Å². The Morgan fingerprint density at radius 3 is 2.74 bits per heavy atom. The lowest BCUT2D eigenvalue weighted by molar-refractivity contribution is 0.0635. The van der Waals surface area contributed by atoms with Crippen molar-refractivity contribution >= 4 is 17.0 Å². The van der Waals surface area contributed by atoms with Gasteiger partial charge in [-0.2, -0.15) is 0 Å². The zero-order valence-corrected chi connectivity index (χ0v) is 18.0. The van der Waals surface area contributed by atoms with Crippen molar-refractivity contribution in [2.75, 3.05) is 33.4 Å².